The fourth-order valence-electron chi connectivity index (χ4n) is 4.65. The number of quaternary nitrogens is 1. The lowest BCUT2D eigenvalue weighted by atomic mass is 10.1. The second-order valence-corrected chi connectivity index (χ2v) is 8.72. The van der Waals surface area contributed by atoms with Crippen LogP contribution in [0.4, 0.5) is 5.69 Å². The van der Waals surface area contributed by atoms with Crippen molar-refractivity contribution in [1.29, 1.82) is 0 Å². The van der Waals surface area contributed by atoms with E-state index in [1.54, 1.807) is 0 Å². The van der Waals surface area contributed by atoms with E-state index in [2.05, 4.69) is 55.8 Å². The smallest absolute Gasteiger partial charge is 0.259 e. The van der Waals surface area contributed by atoms with Crippen molar-refractivity contribution in [2.24, 2.45) is 0 Å². The molecule has 1 amide bonds. The van der Waals surface area contributed by atoms with Crippen molar-refractivity contribution >= 4 is 33.4 Å². The summed E-state index contributed by atoms with van der Waals surface area (Å²) in [5.74, 6) is 1.01. The van der Waals surface area contributed by atoms with Crippen LogP contribution in [0.3, 0.4) is 0 Å². The number of carbonyl (C=O) groups excluding carboxylic acids is 1. The van der Waals surface area contributed by atoms with Gasteiger partial charge in [0.1, 0.15) is 5.82 Å². The molecule has 0 N–H and O–H groups in total. The maximum absolute atomic E-state index is 13.3. The molecule has 0 saturated carbocycles. The second kappa shape index (κ2) is 7.50. The van der Waals surface area contributed by atoms with Gasteiger partial charge in [0.15, 0.2) is 0 Å². The number of likely N-dealkylation sites (N-methyl/N-ethyl adjacent to an activating group) is 1. The highest BCUT2D eigenvalue weighted by Gasteiger charge is 2.31. The van der Waals surface area contributed by atoms with Crippen LogP contribution >= 0.6 is 0 Å². The number of hydrogen-bond acceptors (Lipinski definition) is 2. The predicted octanol–water partition coefficient (Wildman–Crippen LogP) is 4.84. The number of para-hydroxylation sites is 2. The Morgan fingerprint density at radius 2 is 1.68 bits per heavy atom. The number of rotatable bonds is 7. The number of aromatic nitrogens is 2. The van der Waals surface area contributed by atoms with Gasteiger partial charge < -0.3 is 14.0 Å². The molecular weight excluding hydrogens is 384 g/mol. The summed E-state index contributed by atoms with van der Waals surface area (Å²) in [5.41, 5.74) is 3.90. The highest BCUT2D eigenvalue weighted by Crippen LogP contribution is 2.38. The van der Waals surface area contributed by atoms with Crippen LogP contribution in [0.5, 0.6) is 0 Å². The molecule has 0 spiro atoms. The number of imidazole rings is 1. The zero-order chi connectivity index (χ0) is 21.6. The Kier molecular flexibility index (Phi) is 4.78. The largest absolute Gasteiger partial charge is 0.325 e. The number of amides is 1. The fraction of sp³-hybridized carbons (Fsp3) is 0.308. The molecule has 1 aliphatic heterocycles. The van der Waals surface area contributed by atoms with E-state index in [4.69, 9.17) is 4.98 Å². The molecule has 0 fully saturated rings. The van der Waals surface area contributed by atoms with Crippen molar-refractivity contribution in [3.63, 3.8) is 0 Å². The van der Waals surface area contributed by atoms with Gasteiger partial charge in [0, 0.05) is 10.9 Å². The minimum absolute atomic E-state index is 0.0631. The molecule has 0 saturated heterocycles. The van der Waals surface area contributed by atoms with E-state index in [1.807, 2.05) is 35.2 Å². The maximum Gasteiger partial charge on any atom is 0.259 e. The SMILES string of the molecule is CC[N+](C)(CC)CCn1c(CN2C(=O)c3cccc4cccc2c34)nc2ccccc21. The van der Waals surface area contributed by atoms with Crippen molar-refractivity contribution in [1.82, 2.24) is 9.55 Å². The Hall–Kier alpha value is -3.18. The molecule has 0 aliphatic carbocycles. The van der Waals surface area contributed by atoms with E-state index in [-0.39, 0.29) is 5.91 Å². The first-order valence-electron chi connectivity index (χ1n) is 11.2. The van der Waals surface area contributed by atoms with Gasteiger partial charge in [0.2, 0.25) is 0 Å². The van der Waals surface area contributed by atoms with E-state index in [9.17, 15) is 4.79 Å². The Balaban J connectivity index is 1.54. The number of benzene rings is 3. The second-order valence-electron chi connectivity index (χ2n) is 8.72. The minimum atomic E-state index is 0.0631. The lowest BCUT2D eigenvalue weighted by Crippen LogP contribution is -2.45. The van der Waals surface area contributed by atoms with E-state index in [1.165, 1.54) is 0 Å². The summed E-state index contributed by atoms with van der Waals surface area (Å²) >= 11 is 0. The fourth-order valence-corrected chi connectivity index (χ4v) is 4.65. The molecule has 5 heteroatoms. The van der Waals surface area contributed by atoms with Crippen molar-refractivity contribution in [2.75, 3.05) is 31.6 Å². The Labute approximate surface area is 183 Å². The normalized spacial score (nSPS) is 13.6. The third kappa shape index (κ3) is 3.20. The standard InChI is InChI=1S/C26H29N4O/c1-4-30(3,5-2)17-16-28-22-14-7-6-13-21(22)27-24(28)18-29-23-15-9-11-19-10-8-12-20(25(19)23)26(29)31/h6-15H,4-5,16-18H2,1-3H3/q+1. The van der Waals surface area contributed by atoms with Crippen LogP contribution in [0.1, 0.15) is 30.0 Å². The van der Waals surface area contributed by atoms with Crippen LogP contribution in [0.2, 0.25) is 0 Å². The molecule has 0 radical (unpaired) electrons. The van der Waals surface area contributed by atoms with Gasteiger partial charge in [-0.05, 0) is 43.5 Å². The Morgan fingerprint density at radius 3 is 2.45 bits per heavy atom. The van der Waals surface area contributed by atoms with Crippen molar-refractivity contribution in [3.8, 4) is 0 Å². The van der Waals surface area contributed by atoms with E-state index in [0.29, 0.717) is 6.54 Å². The first-order chi connectivity index (χ1) is 15.0. The molecule has 5 nitrogen and oxygen atoms in total. The number of hydrogen-bond donors (Lipinski definition) is 0. The van der Waals surface area contributed by atoms with Gasteiger partial charge in [-0.1, -0.05) is 36.4 Å². The number of carbonyl (C=O) groups is 1. The molecule has 0 bridgehead atoms. The quantitative estimate of drug-likeness (QED) is 0.407. The molecular formula is C26H29N4O+. The van der Waals surface area contributed by atoms with Gasteiger partial charge in [-0.3, -0.25) is 4.79 Å². The number of fused-ring (bicyclic) bond motifs is 1. The molecule has 1 aromatic heterocycles. The summed E-state index contributed by atoms with van der Waals surface area (Å²) in [6.45, 7) is 9.08. The van der Waals surface area contributed by atoms with Gasteiger partial charge in [-0.15, -0.1) is 0 Å². The molecule has 158 valence electrons. The summed E-state index contributed by atoms with van der Waals surface area (Å²) in [6.07, 6.45) is 0. The van der Waals surface area contributed by atoms with Gasteiger partial charge >= 0.3 is 0 Å². The third-order valence-electron chi connectivity index (χ3n) is 7.07. The van der Waals surface area contributed by atoms with Crippen molar-refractivity contribution < 1.29 is 9.28 Å². The van der Waals surface area contributed by atoms with Crippen LogP contribution in [-0.2, 0) is 13.1 Å². The minimum Gasteiger partial charge on any atom is -0.325 e. The monoisotopic (exact) mass is 413 g/mol. The molecule has 3 aromatic carbocycles. The van der Waals surface area contributed by atoms with Crippen LogP contribution in [0, 0.1) is 0 Å². The zero-order valence-electron chi connectivity index (χ0n) is 18.5. The maximum atomic E-state index is 13.3. The summed E-state index contributed by atoms with van der Waals surface area (Å²) in [5, 5.41) is 2.16. The van der Waals surface area contributed by atoms with E-state index in [0.717, 1.165) is 69.5 Å². The topological polar surface area (TPSA) is 38.1 Å². The van der Waals surface area contributed by atoms with Gasteiger partial charge in [0.25, 0.3) is 5.91 Å². The third-order valence-corrected chi connectivity index (χ3v) is 7.07. The summed E-state index contributed by atoms with van der Waals surface area (Å²) < 4.78 is 3.33. The number of anilines is 1. The summed E-state index contributed by atoms with van der Waals surface area (Å²) in [7, 11) is 2.31. The van der Waals surface area contributed by atoms with Crippen LogP contribution < -0.4 is 4.90 Å². The van der Waals surface area contributed by atoms with Crippen LogP contribution in [0.25, 0.3) is 21.8 Å². The molecule has 4 aromatic rings. The predicted molar refractivity (Wildman–Crippen MR) is 126 cm³/mol. The average molecular weight is 414 g/mol. The molecule has 2 heterocycles. The van der Waals surface area contributed by atoms with Gasteiger partial charge in [-0.2, -0.15) is 0 Å². The van der Waals surface area contributed by atoms with Crippen LogP contribution in [-0.4, -0.2) is 46.6 Å². The molecule has 31 heavy (non-hydrogen) atoms. The highest BCUT2D eigenvalue weighted by atomic mass is 16.2. The van der Waals surface area contributed by atoms with Gasteiger partial charge in [-0.25, -0.2) is 4.98 Å². The lowest BCUT2D eigenvalue weighted by molar-refractivity contribution is -0.906. The highest BCUT2D eigenvalue weighted by molar-refractivity contribution is 6.24. The first kappa shape index (κ1) is 19.8. The zero-order valence-corrected chi connectivity index (χ0v) is 18.5. The number of nitrogens with zero attached hydrogens (tertiary/aromatic N) is 4. The van der Waals surface area contributed by atoms with Crippen molar-refractivity contribution in [2.45, 2.75) is 26.9 Å². The molecule has 0 unspecified atom stereocenters. The summed E-state index contributed by atoms with van der Waals surface area (Å²) in [4.78, 5) is 20.1. The van der Waals surface area contributed by atoms with Gasteiger partial charge in [0.05, 0.1) is 56.5 Å². The first-order valence-corrected chi connectivity index (χ1v) is 11.2. The Morgan fingerprint density at radius 1 is 0.935 bits per heavy atom. The van der Waals surface area contributed by atoms with Crippen molar-refractivity contribution in [3.05, 3.63) is 72.1 Å². The summed E-state index contributed by atoms with van der Waals surface area (Å²) in [6, 6.07) is 20.4. The lowest BCUT2D eigenvalue weighted by Gasteiger charge is -2.32. The Bertz CT molecular complexity index is 1280. The average Bonchev–Trinajstić information content (AvgIpc) is 3.29. The molecule has 0 atom stereocenters. The molecule has 1 aliphatic rings. The van der Waals surface area contributed by atoms with E-state index >= 15 is 0 Å². The van der Waals surface area contributed by atoms with E-state index < -0.39 is 0 Å². The molecule has 5 rings (SSSR count). The van der Waals surface area contributed by atoms with Crippen LogP contribution in [0.15, 0.2) is 60.7 Å².